The molecule has 0 radical (unpaired) electrons. The molecule has 0 saturated carbocycles. The Morgan fingerprint density at radius 2 is 1.67 bits per heavy atom. The van der Waals surface area contributed by atoms with Crippen molar-refractivity contribution in [2.24, 2.45) is 5.92 Å². The van der Waals surface area contributed by atoms with Gasteiger partial charge in [-0.15, -0.1) is 0 Å². The third-order valence-electron chi connectivity index (χ3n) is 6.32. The third-order valence-corrected chi connectivity index (χ3v) is 7.44. The molecule has 2 unspecified atom stereocenters. The zero-order chi connectivity index (χ0) is 27.6. The van der Waals surface area contributed by atoms with E-state index in [1.165, 1.54) is 0 Å². The van der Waals surface area contributed by atoms with Crippen LogP contribution < -0.4 is 10.0 Å². The topological polar surface area (TPSA) is 93.1 Å². The van der Waals surface area contributed by atoms with Crippen molar-refractivity contribution in [2.75, 3.05) is 0 Å². The van der Waals surface area contributed by atoms with Gasteiger partial charge >= 0.3 is 0 Å². The molecule has 0 fully saturated rings. The second-order valence-electron chi connectivity index (χ2n) is 9.87. The summed E-state index contributed by atoms with van der Waals surface area (Å²) in [6.07, 6.45) is 4.83. The summed E-state index contributed by atoms with van der Waals surface area (Å²) in [4.78, 5) is 26.9. The first-order valence-electron chi connectivity index (χ1n) is 13.1. The molecule has 1 heterocycles. The van der Waals surface area contributed by atoms with Crippen molar-refractivity contribution >= 4 is 22.8 Å². The summed E-state index contributed by atoms with van der Waals surface area (Å²) in [7, 11) is -1.63. The van der Waals surface area contributed by atoms with Crippen LogP contribution in [0.25, 0.3) is 0 Å². The number of hydrogen-bond donors (Lipinski definition) is 2. The highest BCUT2D eigenvalue weighted by Gasteiger charge is 2.20. The molecule has 1 aromatic heterocycles. The molecule has 7 nitrogen and oxygen atoms in total. The zero-order valence-electron chi connectivity index (χ0n) is 22.2. The van der Waals surface area contributed by atoms with E-state index >= 15 is 0 Å². The van der Waals surface area contributed by atoms with Crippen LogP contribution in [0.2, 0.25) is 0 Å². The molecule has 202 valence electrons. The van der Waals surface area contributed by atoms with Gasteiger partial charge in [-0.1, -0.05) is 74.5 Å². The van der Waals surface area contributed by atoms with E-state index in [9.17, 15) is 13.8 Å². The van der Waals surface area contributed by atoms with Crippen LogP contribution in [0.15, 0.2) is 102 Å². The van der Waals surface area contributed by atoms with E-state index in [0.717, 1.165) is 23.1 Å². The number of rotatable bonds is 12. The molecular weight excluding hydrogens is 508 g/mol. The summed E-state index contributed by atoms with van der Waals surface area (Å²) in [6.45, 7) is 4.80. The van der Waals surface area contributed by atoms with Crippen molar-refractivity contribution in [3.63, 3.8) is 0 Å². The monoisotopic (exact) mass is 542 g/mol. The van der Waals surface area contributed by atoms with Crippen LogP contribution in [-0.2, 0) is 28.7 Å². The van der Waals surface area contributed by atoms with Gasteiger partial charge in [0.05, 0.1) is 17.5 Å². The molecule has 39 heavy (non-hydrogen) atoms. The summed E-state index contributed by atoms with van der Waals surface area (Å²) in [5, 5.41) is 7.51. The maximum atomic E-state index is 13.7. The Balaban J connectivity index is 1.53. The van der Waals surface area contributed by atoms with Crippen LogP contribution in [0.5, 0.6) is 0 Å². The van der Waals surface area contributed by atoms with E-state index in [-0.39, 0.29) is 24.3 Å². The number of carbonyl (C=O) groups excluding carboxylic acids is 2. The van der Waals surface area contributed by atoms with Crippen molar-refractivity contribution in [1.29, 1.82) is 0 Å². The maximum absolute atomic E-state index is 13.7. The lowest BCUT2D eigenvalue weighted by Crippen LogP contribution is -2.31. The molecular formula is C31H34N4O3S. The minimum absolute atomic E-state index is 0.103. The average Bonchev–Trinajstić information content (AvgIpc) is 3.45. The average molecular weight is 543 g/mol. The minimum Gasteiger partial charge on any atom is -0.345 e. The molecule has 0 aliphatic carbocycles. The summed E-state index contributed by atoms with van der Waals surface area (Å²) >= 11 is 0. The highest BCUT2D eigenvalue weighted by molar-refractivity contribution is 7.83. The van der Waals surface area contributed by atoms with Crippen LogP contribution in [0.4, 0.5) is 0 Å². The summed E-state index contributed by atoms with van der Waals surface area (Å²) in [6, 6.07) is 26.2. The van der Waals surface area contributed by atoms with Crippen LogP contribution in [0, 0.1) is 5.92 Å². The fourth-order valence-corrected chi connectivity index (χ4v) is 5.24. The van der Waals surface area contributed by atoms with Crippen LogP contribution in [-0.4, -0.2) is 25.8 Å². The first kappa shape index (κ1) is 28.0. The van der Waals surface area contributed by atoms with Crippen LogP contribution in [0.3, 0.4) is 0 Å². The number of amides is 2. The Labute approximate surface area is 232 Å². The summed E-state index contributed by atoms with van der Waals surface area (Å²) in [5.74, 6) is -0.142. The minimum atomic E-state index is -1.63. The summed E-state index contributed by atoms with van der Waals surface area (Å²) in [5.41, 5.74) is 3.27. The highest BCUT2D eigenvalue weighted by atomic mass is 32.2. The van der Waals surface area contributed by atoms with E-state index in [1.54, 1.807) is 35.1 Å². The number of hydrogen-bond acceptors (Lipinski definition) is 4. The van der Waals surface area contributed by atoms with E-state index in [4.69, 9.17) is 0 Å². The number of nitrogens with one attached hydrogen (secondary N) is 2. The number of aryl methyl sites for hydroxylation is 1. The molecule has 8 heteroatoms. The highest BCUT2D eigenvalue weighted by Crippen LogP contribution is 2.23. The number of benzene rings is 3. The van der Waals surface area contributed by atoms with Gasteiger partial charge in [-0.05, 0) is 59.7 Å². The normalized spacial score (nSPS) is 12.6. The molecule has 4 rings (SSSR count). The van der Waals surface area contributed by atoms with Crippen LogP contribution in [0.1, 0.15) is 59.8 Å². The first-order valence-corrected chi connectivity index (χ1v) is 14.3. The molecule has 2 amide bonds. The predicted molar refractivity (Wildman–Crippen MR) is 153 cm³/mol. The van der Waals surface area contributed by atoms with Gasteiger partial charge in [-0.2, -0.15) is 5.10 Å². The van der Waals surface area contributed by atoms with Gasteiger partial charge in [-0.25, -0.2) is 4.21 Å². The lowest BCUT2D eigenvalue weighted by Gasteiger charge is -2.22. The Morgan fingerprint density at radius 3 is 2.33 bits per heavy atom. The molecule has 3 aromatic carbocycles. The molecule has 2 N–H and O–H groups in total. The Morgan fingerprint density at radius 1 is 0.949 bits per heavy atom. The van der Waals surface area contributed by atoms with Gasteiger partial charge in [0.1, 0.15) is 0 Å². The van der Waals surface area contributed by atoms with E-state index in [2.05, 4.69) is 29.0 Å². The largest absolute Gasteiger partial charge is 0.345 e. The zero-order valence-corrected chi connectivity index (χ0v) is 23.1. The molecule has 4 aromatic rings. The van der Waals surface area contributed by atoms with E-state index in [1.807, 2.05) is 66.9 Å². The van der Waals surface area contributed by atoms with Gasteiger partial charge in [0.15, 0.2) is 11.0 Å². The lowest BCUT2D eigenvalue weighted by atomic mass is 9.95. The number of aromatic nitrogens is 2. The lowest BCUT2D eigenvalue weighted by molar-refractivity contribution is -0.119. The first-order chi connectivity index (χ1) is 18.9. The standard InChI is InChI=1S/C31H34N4O3S/c1-23(2)20-29(26-10-5-3-6-11-26)33-31(37)28-21-24(22-35-19-9-18-32-35)14-15-25(28)16-17-30(36)34-39(38)27-12-7-4-8-13-27/h3-15,18-19,21,23,29H,16-17,20,22H2,1-2H3,(H,33,37)(H,34,36). The predicted octanol–water partition coefficient (Wildman–Crippen LogP) is 5.22. The molecule has 0 bridgehead atoms. The number of carbonyl (C=O) groups is 2. The molecule has 0 spiro atoms. The Kier molecular flexibility index (Phi) is 9.80. The molecule has 0 aliphatic rings. The van der Waals surface area contributed by atoms with E-state index < -0.39 is 11.0 Å². The van der Waals surface area contributed by atoms with Gasteiger partial charge in [-0.3, -0.25) is 19.0 Å². The number of nitrogens with zero attached hydrogens (tertiary/aromatic N) is 2. The van der Waals surface area contributed by atoms with Gasteiger partial charge in [0.2, 0.25) is 5.91 Å². The van der Waals surface area contributed by atoms with Crippen molar-refractivity contribution in [2.45, 2.75) is 50.6 Å². The van der Waals surface area contributed by atoms with E-state index in [0.29, 0.717) is 29.3 Å². The van der Waals surface area contributed by atoms with Crippen LogP contribution >= 0.6 is 0 Å². The van der Waals surface area contributed by atoms with Gasteiger partial charge in [0, 0.05) is 24.4 Å². The molecule has 2 atom stereocenters. The van der Waals surface area contributed by atoms with Gasteiger partial charge in [0.25, 0.3) is 5.91 Å². The molecule has 0 saturated heterocycles. The van der Waals surface area contributed by atoms with Crippen molar-refractivity contribution in [1.82, 2.24) is 19.8 Å². The third kappa shape index (κ3) is 8.22. The van der Waals surface area contributed by atoms with Crippen molar-refractivity contribution < 1.29 is 13.8 Å². The summed E-state index contributed by atoms with van der Waals surface area (Å²) < 4.78 is 16.8. The smallest absolute Gasteiger partial charge is 0.252 e. The maximum Gasteiger partial charge on any atom is 0.252 e. The quantitative estimate of drug-likeness (QED) is 0.257. The van der Waals surface area contributed by atoms with Crippen molar-refractivity contribution in [3.8, 4) is 0 Å². The van der Waals surface area contributed by atoms with Gasteiger partial charge < -0.3 is 5.32 Å². The van der Waals surface area contributed by atoms with Crippen molar-refractivity contribution in [3.05, 3.63) is 120 Å². The second-order valence-corrected chi connectivity index (χ2v) is 11.1. The Bertz CT molecular complexity index is 1390. The SMILES string of the molecule is CC(C)CC(NC(=O)c1cc(Cn2cccn2)ccc1CCC(=O)NS(=O)c1ccccc1)c1ccccc1. The second kappa shape index (κ2) is 13.7. The fourth-order valence-electron chi connectivity index (χ4n) is 4.41. The molecule has 0 aliphatic heterocycles. The Hall–Kier alpha value is -4.04. The fraction of sp³-hybridized carbons (Fsp3) is 0.258.